The average Bonchev–Trinajstić information content (AvgIpc) is 2.20. The van der Waals surface area contributed by atoms with Gasteiger partial charge >= 0.3 is 0 Å². The summed E-state index contributed by atoms with van der Waals surface area (Å²) in [6.07, 6.45) is 0. The molecule has 3 nitrogen and oxygen atoms in total. The first-order chi connectivity index (χ1) is 7.54. The molecule has 0 radical (unpaired) electrons. The van der Waals surface area contributed by atoms with Crippen LogP contribution in [0, 0.1) is 0 Å². The van der Waals surface area contributed by atoms with Gasteiger partial charge in [-0.3, -0.25) is 0 Å². The van der Waals surface area contributed by atoms with Crippen molar-refractivity contribution in [3.05, 3.63) is 35.0 Å². The maximum Gasteiger partial charge on any atom is 0.129 e. The Morgan fingerprint density at radius 3 is 2.81 bits per heavy atom. The standard InChI is InChI=1S/C12H18ClN3/c1-9(2)8-16(4)12-6-5-10(13)11(15-12)7-14-3/h5-6,14H,1,7-8H2,2-4H3. The van der Waals surface area contributed by atoms with Crippen molar-refractivity contribution >= 4 is 17.4 Å². The van der Waals surface area contributed by atoms with Crippen LogP contribution in [0.1, 0.15) is 12.6 Å². The summed E-state index contributed by atoms with van der Waals surface area (Å²) in [6, 6.07) is 3.80. The molecule has 4 heteroatoms. The minimum absolute atomic E-state index is 0.674. The summed E-state index contributed by atoms with van der Waals surface area (Å²) in [5, 5.41) is 3.74. The first kappa shape index (κ1) is 13.0. The van der Waals surface area contributed by atoms with Crippen molar-refractivity contribution in [2.75, 3.05) is 25.5 Å². The van der Waals surface area contributed by atoms with Crippen LogP contribution in [0.4, 0.5) is 5.82 Å². The number of nitrogens with one attached hydrogen (secondary N) is 1. The summed E-state index contributed by atoms with van der Waals surface area (Å²) < 4.78 is 0. The number of hydrogen-bond acceptors (Lipinski definition) is 3. The monoisotopic (exact) mass is 239 g/mol. The van der Waals surface area contributed by atoms with Crippen molar-refractivity contribution in [2.24, 2.45) is 0 Å². The third kappa shape index (κ3) is 3.51. The second-order valence-corrected chi connectivity index (χ2v) is 4.35. The second kappa shape index (κ2) is 5.87. The fraction of sp³-hybridized carbons (Fsp3) is 0.417. The molecule has 1 heterocycles. The van der Waals surface area contributed by atoms with Gasteiger partial charge in [-0.2, -0.15) is 0 Å². The number of aromatic nitrogens is 1. The summed E-state index contributed by atoms with van der Waals surface area (Å²) in [5.74, 6) is 0.914. The molecule has 88 valence electrons. The van der Waals surface area contributed by atoms with E-state index in [9.17, 15) is 0 Å². The first-order valence-corrected chi connectivity index (χ1v) is 5.58. The van der Waals surface area contributed by atoms with E-state index < -0.39 is 0 Å². The zero-order valence-corrected chi connectivity index (χ0v) is 10.8. The lowest BCUT2D eigenvalue weighted by Crippen LogP contribution is -2.21. The van der Waals surface area contributed by atoms with Crippen LogP contribution in [0.5, 0.6) is 0 Å². The molecule has 0 spiro atoms. The minimum Gasteiger partial charge on any atom is -0.356 e. The van der Waals surface area contributed by atoms with E-state index in [1.54, 1.807) is 0 Å². The van der Waals surface area contributed by atoms with E-state index in [-0.39, 0.29) is 0 Å². The molecular weight excluding hydrogens is 222 g/mol. The number of halogens is 1. The summed E-state index contributed by atoms with van der Waals surface area (Å²) in [5.41, 5.74) is 1.98. The summed E-state index contributed by atoms with van der Waals surface area (Å²) in [4.78, 5) is 6.56. The van der Waals surface area contributed by atoms with Crippen LogP contribution in [-0.4, -0.2) is 25.6 Å². The van der Waals surface area contributed by atoms with Crippen LogP contribution < -0.4 is 10.2 Å². The number of rotatable bonds is 5. The molecule has 0 saturated heterocycles. The Morgan fingerprint density at radius 2 is 2.25 bits per heavy atom. The van der Waals surface area contributed by atoms with Gasteiger partial charge in [-0.15, -0.1) is 0 Å². The fourth-order valence-electron chi connectivity index (χ4n) is 1.46. The quantitative estimate of drug-likeness (QED) is 0.801. The van der Waals surface area contributed by atoms with E-state index in [4.69, 9.17) is 11.6 Å². The van der Waals surface area contributed by atoms with E-state index in [1.807, 2.05) is 33.2 Å². The Hall–Kier alpha value is -1.06. The van der Waals surface area contributed by atoms with Crippen LogP contribution in [0.15, 0.2) is 24.3 Å². The Kier molecular flexibility index (Phi) is 4.77. The highest BCUT2D eigenvalue weighted by molar-refractivity contribution is 6.31. The van der Waals surface area contributed by atoms with Crippen LogP contribution >= 0.6 is 11.6 Å². The van der Waals surface area contributed by atoms with Gasteiger partial charge in [-0.25, -0.2) is 4.98 Å². The molecule has 0 aliphatic rings. The van der Waals surface area contributed by atoms with Crippen LogP contribution in [0.3, 0.4) is 0 Å². The smallest absolute Gasteiger partial charge is 0.129 e. The van der Waals surface area contributed by atoms with Gasteiger partial charge < -0.3 is 10.2 Å². The van der Waals surface area contributed by atoms with Gasteiger partial charge in [0.05, 0.1) is 10.7 Å². The normalized spacial score (nSPS) is 10.2. The summed E-state index contributed by atoms with van der Waals surface area (Å²) in [6.45, 7) is 7.36. The van der Waals surface area contributed by atoms with Gasteiger partial charge in [-0.05, 0) is 26.1 Å². The molecule has 0 fully saturated rings. The Balaban J connectivity index is 2.88. The topological polar surface area (TPSA) is 28.2 Å². The predicted octanol–water partition coefficient (Wildman–Crippen LogP) is 2.47. The SMILES string of the molecule is C=C(C)CN(C)c1ccc(Cl)c(CNC)n1. The number of nitrogens with zero attached hydrogens (tertiary/aromatic N) is 2. The molecule has 0 unspecified atom stereocenters. The maximum atomic E-state index is 6.05. The highest BCUT2D eigenvalue weighted by Gasteiger charge is 2.06. The number of pyridine rings is 1. The molecule has 1 N–H and O–H groups in total. The molecule has 0 aromatic carbocycles. The number of likely N-dealkylation sites (N-methyl/N-ethyl adjacent to an activating group) is 1. The Labute approximate surface area is 102 Å². The molecule has 1 aromatic heterocycles. The molecule has 0 aliphatic carbocycles. The molecule has 0 aliphatic heterocycles. The van der Waals surface area contributed by atoms with E-state index >= 15 is 0 Å². The zero-order valence-electron chi connectivity index (χ0n) is 10.0. The Morgan fingerprint density at radius 1 is 1.56 bits per heavy atom. The molecule has 0 atom stereocenters. The molecule has 1 rings (SSSR count). The molecule has 1 aromatic rings. The van der Waals surface area contributed by atoms with Gasteiger partial charge in [0, 0.05) is 20.1 Å². The molecule has 0 amide bonds. The van der Waals surface area contributed by atoms with Crippen molar-refractivity contribution in [3.63, 3.8) is 0 Å². The van der Waals surface area contributed by atoms with Crippen LogP contribution in [0.25, 0.3) is 0 Å². The average molecular weight is 240 g/mol. The highest BCUT2D eigenvalue weighted by atomic mass is 35.5. The van der Waals surface area contributed by atoms with Gasteiger partial charge in [0.25, 0.3) is 0 Å². The van der Waals surface area contributed by atoms with Gasteiger partial charge in [0.15, 0.2) is 0 Å². The molecule has 0 saturated carbocycles. The van der Waals surface area contributed by atoms with Crippen molar-refractivity contribution in [1.82, 2.24) is 10.3 Å². The lowest BCUT2D eigenvalue weighted by Gasteiger charge is -2.19. The molecule has 0 bridgehead atoms. The lowest BCUT2D eigenvalue weighted by atomic mass is 10.3. The zero-order chi connectivity index (χ0) is 12.1. The second-order valence-electron chi connectivity index (χ2n) is 3.94. The van der Waals surface area contributed by atoms with E-state index in [2.05, 4.69) is 21.8 Å². The van der Waals surface area contributed by atoms with Crippen molar-refractivity contribution < 1.29 is 0 Å². The lowest BCUT2D eigenvalue weighted by molar-refractivity contribution is 0.786. The maximum absolute atomic E-state index is 6.05. The van der Waals surface area contributed by atoms with Crippen molar-refractivity contribution in [3.8, 4) is 0 Å². The number of anilines is 1. The fourth-order valence-corrected chi connectivity index (χ4v) is 1.63. The van der Waals surface area contributed by atoms with E-state index in [0.717, 1.165) is 23.6 Å². The first-order valence-electron chi connectivity index (χ1n) is 5.20. The molecular formula is C12H18ClN3. The van der Waals surface area contributed by atoms with Gasteiger partial charge in [-0.1, -0.05) is 23.8 Å². The minimum atomic E-state index is 0.674. The van der Waals surface area contributed by atoms with Crippen LogP contribution in [-0.2, 0) is 6.54 Å². The number of hydrogen-bond donors (Lipinski definition) is 1. The van der Waals surface area contributed by atoms with E-state index in [1.165, 1.54) is 0 Å². The largest absolute Gasteiger partial charge is 0.356 e. The summed E-state index contributed by atoms with van der Waals surface area (Å²) in [7, 11) is 3.87. The van der Waals surface area contributed by atoms with Crippen molar-refractivity contribution in [1.29, 1.82) is 0 Å². The predicted molar refractivity (Wildman–Crippen MR) is 70.1 cm³/mol. The van der Waals surface area contributed by atoms with E-state index in [0.29, 0.717) is 11.6 Å². The van der Waals surface area contributed by atoms with Crippen LogP contribution in [0.2, 0.25) is 5.02 Å². The van der Waals surface area contributed by atoms with Crippen molar-refractivity contribution in [2.45, 2.75) is 13.5 Å². The van der Waals surface area contributed by atoms with Gasteiger partial charge in [0.1, 0.15) is 5.82 Å². The Bertz CT molecular complexity index is 377. The van der Waals surface area contributed by atoms with Gasteiger partial charge in [0.2, 0.25) is 0 Å². The third-order valence-electron chi connectivity index (χ3n) is 2.15. The summed E-state index contributed by atoms with van der Waals surface area (Å²) >= 11 is 6.05. The highest BCUT2D eigenvalue weighted by Crippen LogP contribution is 2.18. The third-order valence-corrected chi connectivity index (χ3v) is 2.49. The molecule has 16 heavy (non-hydrogen) atoms.